The molecule has 2 unspecified atom stereocenters. The van der Waals surface area contributed by atoms with Crippen LogP contribution >= 0.6 is 0 Å². The third-order valence-corrected chi connectivity index (χ3v) is 3.25. The van der Waals surface area contributed by atoms with Crippen molar-refractivity contribution in [3.8, 4) is 5.75 Å². The molecule has 114 valence electrons. The van der Waals surface area contributed by atoms with Crippen LogP contribution in [0, 0.1) is 0 Å². The van der Waals surface area contributed by atoms with Crippen LogP contribution < -0.4 is 5.32 Å². The number of ether oxygens (including phenoxy) is 1. The van der Waals surface area contributed by atoms with Gasteiger partial charge in [0.2, 0.25) is 6.41 Å². The van der Waals surface area contributed by atoms with Crippen LogP contribution in [0.4, 0.5) is 0 Å². The van der Waals surface area contributed by atoms with E-state index < -0.39 is 12.1 Å². The summed E-state index contributed by atoms with van der Waals surface area (Å²) >= 11 is 0. The lowest BCUT2D eigenvalue weighted by Crippen LogP contribution is -2.34. The molecule has 0 aliphatic heterocycles. The number of hydrogen-bond acceptors (Lipinski definition) is 4. The van der Waals surface area contributed by atoms with E-state index in [9.17, 15) is 14.7 Å². The summed E-state index contributed by atoms with van der Waals surface area (Å²) in [5.41, 5.74) is 1.61. The standard InChI is InChI=1S/C17H17NO4/c19-10-16(22-11-13-4-2-1-3-5-13)17(18-12-20)14-6-8-15(21)9-7-14/h1-10,12,16-17,21H,11H2,(H,18,20). The molecule has 2 atom stereocenters. The Kier molecular flexibility index (Phi) is 5.68. The van der Waals surface area contributed by atoms with Crippen molar-refractivity contribution in [3.63, 3.8) is 0 Å². The van der Waals surface area contributed by atoms with E-state index in [1.807, 2.05) is 30.3 Å². The number of aromatic hydroxyl groups is 1. The molecule has 0 aromatic heterocycles. The number of benzene rings is 2. The number of carbonyl (C=O) groups excluding carboxylic acids is 2. The molecule has 2 aromatic rings. The van der Waals surface area contributed by atoms with E-state index >= 15 is 0 Å². The van der Waals surface area contributed by atoms with Crippen molar-refractivity contribution < 1.29 is 19.4 Å². The Bertz CT molecular complexity index is 598. The molecule has 0 saturated heterocycles. The smallest absolute Gasteiger partial charge is 0.207 e. The van der Waals surface area contributed by atoms with Gasteiger partial charge in [0.1, 0.15) is 11.9 Å². The van der Waals surface area contributed by atoms with Gasteiger partial charge in [0.25, 0.3) is 0 Å². The Morgan fingerprint density at radius 2 is 1.73 bits per heavy atom. The molecule has 2 rings (SSSR count). The zero-order chi connectivity index (χ0) is 15.8. The highest BCUT2D eigenvalue weighted by molar-refractivity contribution is 5.60. The monoisotopic (exact) mass is 299 g/mol. The number of nitrogens with one attached hydrogen (secondary N) is 1. The molecular formula is C17H17NO4. The van der Waals surface area contributed by atoms with Crippen molar-refractivity contribution in [2.24, 2.45) is 0 Å². The van der Waals surface area contributed by atoms with Gasteiger partial charge < -0.3 is 20.0 Å². The average molecular weight is 299 g/mol. The van der Waals surface area contributed by atoms with Crippen LogP contribution in [0.15, 0.2) is 54.6 Å². The van der Waals surface area contributed by atoms with Gasteiger partial charge >= 0.3 is 0 Å². The second-order valence-corrected chi connectivity index (χ2v) is 4.75. The predicted molar refractivity (Wildman–Crippen MR) is 81.1 cm³/mol. The number of hydrogen-bond donors (Lipinski definition) is 2. The van der Waals surface area contributed by atoms with Crippen LogP contribution in [0.1, 0.15) is 17.2 Å². The van der Waals surface area contributed by atoms with E-state index in [2.05, 4.69) is 5.32 Å². The van der Waals surface area contributed by atoms with E-state index in [0.29, 0.717) is 18.3 Å². The Balaban J connectivity index is 2.11. The quantitative estimate of drug-likeness (QED) is 0.731. The van der Waals surface area contributed by atoms with Crippen LogP contribution in [0.2, 0.25) is 0 Å². The first kappa shape index (κ1) is 15.7. The summed E-state index contributed by atoms with van der Waals surface area (Å²) in [6, 6.07) is 15.1. The van der Waals surface area contributed by atoms with Crippen molar-refractivity contribution in [2.45, 2.75) is 18.8 Å². The van der Waals surface area contributed by atoms with E-state index in [4.69, 9.17) is 4.74 Å². The first-order chi connectivity index (χ1) is 10.7. The average Bonchev–Trinajstić information content (AvgIpc) is 2.56. The van der Waals surface area contributed by atoms with Crippen molar-refractivity contribution in [1.82, 2.24) is 5.32 Å². The van der Waals surface area contributed by atoms with Crippen LogP contribution in [0.25, 0.3) is 0 Å². The molecule has 2 N–H and O–H groups in total. The molecule has 2 aromatic carbocycles. The fraction of sp³-hybridized carbons (Fsp3) is 0.176. The summed E-state index contributed by atoms with van der Waals surface area (Å²) in [5.74, 6) is 0.112. The largest absolute Gasteiger partial charge is 0.508 e. The number of amides is 1. The number of rotatable bonds is 8. The second kappa shape index (κ2) is 7.95. The minimum absolute atomic E-state index is 0.112. The van der Waals surface area contributed by atoms with Crippen LogP contribution in [-0.2, 0) is 20.9 Å². The number of phenols is 1. The van der Waals surface area contributed by atoms with Crippen molar-refractivity contribution in [1.29, 1.82) is 0 Å². The molecule has 1 amide bonds. The van der Waals surface area contributed by atoms with Gasteiger partial charge in [-0.1, -0.05) is 42.5 Å². The maximum atomic E-state index is 11.4. The van der Waals surface area contributed by atoms with Crippen LogP contribution in [0.3, 0.4) is 0 Å². The first-order valence-electron chi connectivity index (χ1n) is 6.84. The number of aldehydes is 1. The fourth-order valence-corrected chi connectivity index (χ4v) is 2.12. The lowest BCUT2D eigenvalue weighted by molar-refractivity contribution is -0.122. The third-order valence-electron chi connectivity index (χ3n) is 3.25. The van der Waals surface area contributed by atoms with Crippen LogP contribution in [0.5, 0.6) is 5.75 Å². The Morgan fingerprint density at radius 1 is 1.05 bits per heavy atom. The first-order valence-corrected chi connectivity index (χ1v) is 6.84. The summed E-state index contributed by atoms with van der Waals surface area (Å²) in [6.07, 6.45) is 0.367. The van der Waals surface area contributed by atoms with Crippen molar-refractivity contribution in [2.75, 3.05) is 0 Å². The topological polar surface area (TPSA) is 75.6 Å². The Morgan fingerprint density at radius 3 is 2.32 bits per heavy atom. The Hall–Kier alpha value is -2.66. The lowest BCUT2D eigenvalue weighted by atomic mass is 10.0. The number of phenolic OH excluding ortho intramolecular Hbond substituents is 1. The van der Waals surface area contributed by atoms with Gasteiger partial charge in [0, 0.05) is 0 Å². The van der Waals surface area contributed by atoms with Crippen LogP contribution in [-0.4, -0.2) is 23.9 Å². The van der Waals surface area contributed by atoms with Gasteiger partial charge in [-0.05, 0) is 23.3 Å². The molecule has 0 spiro atoms. The maximum absolute atomic E-state index is 11.4. The second-order valence-electron chi connectivity index (χ2n) is 4.75. The molecule has 0 aliphatic carbocycles. The zero-order valence-electron chi connectivity index (χ0n) is 11.9. The number of carbonyl (C=O) groups is 2. The van der Waals surface area contributed by atoms with E-state index in [1.54, 1.807) is 12.1 Å². The zero-order valence-corrected chi connectivity index (χ0v) is 11.9. The minimum atomic E-state index is -0.824. The molecule has 0 heterocycles. The van der Waals surface area contributed by atoms with Gasteiger partial charge in [0.05, 0.1) is 12.6 Å². The SMILES string of the molecule is O=CNC(c1ccc(O)cc1)C(C=O)OCc1ccccc1. The van der Waals surface area contributed by atoms with Crippen molar-refractivity contribution in [3.05, 3.63) is 65.7 Å². The van der Waals surface area contributed by atoms with Gasteiger partial charge in [-0.3, -0.25) is 4.79 Å². The van der Waals surface area contributed by atoms with E-state index in [-0.39, 0.29) is 12.4 Å². The highest BCUT2D eigenvalue weighted by Gasteiger charge is 2.23. The van der Waals surface area contributed by atoms with Gasteiger partial charge in [-0.15, -0.1) is 0 Å². The highest BCUT2D eigenvalue weighted by Crippen LogP contribution is 2.21. The summed E-state index contributed by atoms with van der Waals surface area (Å²) in [7, 11) is 0. The molecule has 0 saturated carbocycles. The molecule has 0 bridgehead atoms. The van der Waals surface area contributed by atoms with Gasteiger partial charge in [-0.25, -0.2) is 0 Å². The highest BCUT2D eigenvalue weighted by atomic mass is 16.5. The molecule has 0 radical (unpaired) electrons. The molecular weight excluding hydrogens is 282 g/mol. The summed E-state index contributed by atoms with van der Waals surface area (Å²) < 4.78 is 5.62. The third kappa shape index (κ3) is 4.17. The van der Waals surface area contributed by atoms with Crippen molar-refractivity contribution >= 4 is 12.7 Å². The summed E-state index contributed by atoms with van der Waals surface area (Å²) in [6.45, 7) is 0.263. The summed E-state index contributed by atoms with van der Waals surface area (Å²) in [5, 5.41) is 11.9. The maximum Gasteiger partial charge on any atom is 0.207 e. The van der Waals surface area contributed by atoms with E-state index in [0.717, 1.165) is 5.56 Å². The molecule has 0 aliphatic rings. The molecule has 22 heavy (non-hydrogen) atoms. The Labute approximate surface area is 128 Å². The molecule has 0 fully saturated rings. The molecule has 5 nitrogen and oxygen atoms in total. The normalized spacial score (nSPS) is 13.1. The van der Waals surface area contributed by atoms with Gasteiger partial charge in [0.15, 0.2) is 6.29 Å². The lowest BCUT2D eigenvalue weighted by Gasteiger charge is -2.23. The summed E-state index contributed by atoms with van der Waals surface area (Å²) in [4.78, 5) is 22.2. The molecule has 5 heteroatoms. The van der Waals surface area contributed by atoms with Gasteiger partial charge in [-0.2, -0.15) is 0 Å². The van der Waals surface area contributed by atoms with E-state index in [1.165, 1.54) is 12.1 Å². The fourth-order valence-electron chi connectivity index (χ4n) is 2.12. The predicted octanol–water partition coefficient (Wildman–Crippen LogP) is 1.96. The minimum Gasteiger partial charge on any atom is -0.508 e.